The van der Waals surface area contributed by atoms with Gasteiger partial charge < -0.3 is 4.79 Å². The molecule has 0 amide bonds. The molecular weight excluding hydrogens is 206 g/mol. The molecule has 86 valence electrons. The lowest BCUT2D eigenvalue weighted by Crippen LogP contribution is -1.98. The highest BCUT2D eigenvalue weighted by molar-refractivity contribution is 5.75. The molecule has 0 spiro atoms. The van der Waals surface area contributed by atoms with E-state index in [1.807, 2.05) is 6.92 Å². The van der Waals surface area contributed by atoms with E-state index >= 15 is 0 Å². The van der Waals surface area contributed by atoms with E-state index in [0.29, 0.717) is 6.42 Å². The van der Waals surface area contributed by atoms with Gasteiger partial charge in [-0.25, -0.2) is 0 Å². The molecule has 0 aliphatic rings. The van der Waals surface area contributed by atoms with Crippen LogP contribution in [0.2, 0.25) is 0 Å². The molecule has 1 atom stereocenters. The highest BCUT2D eigenvalue weighted by atomic mass is 16.6. The second-order valence-electron chi connectivity index (χ2n) is 3.99. The molecule has 1 unspecified atom stereocenters. The van der Waals surface area contributed by atoms with E-state index in [-0.39, 0.29) is 17.4 Å². The Labute approximate surface area is 94.4 Å². The Kier molecular flexibility index (Phi) is 4.17. The first kappa shape index (κ1) is 12.4. The normalized spacial score (nSPS) is 12.1. The standard InChI is InChI=1S/C12H15NO3/c1-9(3-4-10(2)14)11-5-7-12(8-6-11)13(15)16/h5-9H,3-4H2,1-2H3. The van der Waals surface area contributed by atoms with E-state index in [1.54, 1.807) is 19.1 Å². The molecule has 0 saturated heterocycles. The molecule has 4 heteroatoms. The first-order chi connectivity index (χ1) is 7.50. The van der Waals surface area contributed by atoms with Gasteiger partial charge in [-0.15, -0.1) is 0 Å². The smallest absolute Gasteiger partial charge is 0.269 e. The number of Topliss-reactive ketones (excluding diaryl/α,β-unsaturated/α-hetero) is 1. The molecule has 16 heavy (non-hydrogen) atoms. The van der Waals surface area contributed by atoms with Crippen molar-refractivity contribution in [3.8, 4) is 0 Å². The summed E-state index contributed by atoms with van der Waals surface area (Å²) in [5.41, 5.74) is 1.13. The molecule has 1 rings (SSSR count). The summed E-state index contributed by atoms with van der Waals surface area (Å²) >= 11 is 0. The van der Waals surface area contributed by atoms with Crippen LogP contribution in [0.1, 0.15) is 38.2 Å². The molecular formula is C12H15NO3. The molecule has 0 aromatic heterocycles. The molecule has 1 aromatic rings. The Morgan fingerprint density at radius 3 is 2.38 bits per heavy atom. The number of rotatable bonds is 5. The number of benzene rings is 1. The van der Waals surface area contributed by atoms with Gasteiger partial charge in [0.2, 0.25) is 0 Å². The molecule has 0 heterocycles. The molecule has 0 aliphatic carbocycles. The van der Waals surface area contributed by atoms with Crippen molar-refractivity contribution in [2.24, 2.45) is 0 Å². The van der Waals surface area contributed by atoms with Crippen molar-refractivity contribution in [3.05, 3.63) is 39.9 Å². The van der Waals surface area contributed by atoms with Gasteiger partial charge in [0.25, 0.3) is 5.69 Å². The summed E-state index contributed by atoms with van der Waals surface area (Å²) in [6.45, 7) is 3.59. The number of nitro benzene ring substituents is 1. The zero-order chi connectivity index (χ0) is 12.1. The van der Waals surface area contributed by atoms with E-state index in [9.17, 15) is 14.9 Å². The predicted octanol–water partition coefficient (Wildman–Crippen LogP) is 3.07. The van der Waals surface area contributed by atoms with Crippen molar-refractivity contribution in [3.63, 3.8) is 0 Å². The predicted molar refractivity (Wildman–Crippen MR) is 61.4 cm³/mol. The summed E-state index contributed by atoms with van der Waals surface area (Å²) in [6.07, 6.45) is 1.34. The number of hydrogen-bond acceptors (Lipinski definition) is 3. The van der Waals surface area contributed by atoms with E-state index in [1.165, 1.54) is 12.1 Å². The first-order valence-corrected chi connectivity index (χ1v) is 5.24. The van der Waals surface area contributed by atoms with E-state index in [0.717, 1.165) is 12.0 Å². The van der Waals surface area contributed by atoms with Gasteiger partial charge in [-0.2, -0.15) is 0 Å². The minimum Gasteiger partial charge on any atom is -0.300 e. The Morgan fingerprint density at radius 2 is 1.94 bits per heavy atom. The summed E-state index contributed by atoms with van der Waals surface area (Å²) in [5, 5.41) is 10.5. The van der Waals surface area contributed by atoms with Gasteiger partial charge in [0.1, 0.15) is 5.78 Å². The van der Waals surface area contributed by atoms with Crippen molar-refractivity contribution in [1.82, 2.24) is 0 Å². The van der Waals surface area contributed by atoms with Gasteiger partial charge in [-0.05, 0) is 24.8 Å². The Morgan fingerprint density at radius 1 is 1.38 bits per heavy atom. The SMILES string of the molecule is CC(=O)CCC(C)c1ccc([N+](=O)[O-])cc1. The molecule has 0 saturated carbocycles. The fourth-order valence-electron chi connectivity index (χ4n) is 1.51. The topological polar surface area (TPSA) is 60.2 Å². The molecule has 1 aromatic carbocycles. The number of carbonyl (C=O) groups is 1. The Balaban J connectivity index is 2.66. The van der Waals surface area contributed by atoms with Crippen LogP contribution >= 0.6 is 0 Å². The summed E-state index contributed by atoms with van der Waals surface area (Å²) < 4.78 is 0. The van der Waals surface area contributed by atoms with Crippen LogP contribution in [0.25, 0.3) is 0 Å². The minimum atomic E-state index is -0.413. The van der Waals surface area contributed by atoms with Crippen LogP contribution in [0.4, 0.5) is 5.69 Å². The van der Waals surface area contributed by atoms with E-state index in [2.05, 4.69) is 0 Å². The van der Waals surface area contributed by atoms with Gasteiger partial charge in [-0.3, -0.25) is 10.1 Å². The van der Waals surface area contributed by atoms with Crippen molar-refractivity contribution in [2.75, 3.05) is 0 Å². The van der Waals surface area contributed by atoms with Crippen LogP contribution in [0.5, 0.6) is 0 Å². The second kappa shape index (κ2) is 5.39. The van der Waals surface area contributed by atoms with Crippen molar-refractivity contribution >= 4 is 11.5 Å². The van der Waals surface area contributed by atoms with Crippen molar-refractivity contribution in [2.45, 2.75) is 32.6 Å². The summed E-state index contributed by atoms with van der Waals surface area (Å²) in [5.74, 6) is 0.429. The molecule has 4 nitrogen and oxygen atoms in total. The van der Waals surface area contributed by atoms with Crippen LogP contribution in [-0.4, -0.2) is 10.7 Å². The van der Waals surface area contributed by atoms with Crippen molar-refractivity contribution < 1.29 is 9.72 Å². The summed E-state index contributed by atoms with van der Waals surface area (Å²) in [7, 11) is 0. The molecule has 0 N–H and O–H groups in total. The summed E-state index contributed by atoms with van der Waals surface area (Å²) in [4.78, 5) is 20.9. The third-order valence-electron chi connectivity index (χ3n) is 2.60. The zero-order valence-electron chi connectivity index (χ0n) is 9.47. The van der Waals surface area contributed by atoms with Gasteiger partial charge in [-0.1, -0.05) is 19.1 Å². The third-order valence-corrected chi connectivity index (χ3v) is 2.60. The van der Waals surface area contributed by atoms with Crippen LogP contribution in [0.3, 0.4) is 0 Å². The van der Waals surface area contributed by atoms with E-state index < -0.39 is 4.92 Å². The first-order valence-electron chi connectivity index (χ1n) is 5.24. The van der Waals surface area contributed by atoms with Gasteiger partial charge in [0, 0.05) is 18.6 Å². The molecule has 0 radical (unpaired) electrons. The minimum absolute atomic E-state index is 0.0996. The monoisotopic (exact) mass is 221 g/mol. The fraction of sp³-hybridized carbons (Fsp3) is 0.417. The average Bonchev–Trinajstić information content (AvgIpc) is 2.26. The molecule has 0 bridgehead atoms. The molecule has 0 aliphatic heterocycles. The maximum atomic E-state index is 10.8. The van der Waals surface area contributed by atoms with Crippen LogP contribution in [-0.2, 0) is 4.79 Å². The highest BCUT2D eigenvalue weighted by Crippen LogP contribution is 2.22. The quantitative estimate of drug-likeness (QED) is 0.567. The van der Waals surface area contributed by atoms with Crippen molar-refractivity contribution in [1.29, 1.82) is 0 Å². The van der Waals surface area contributed by atoms with Crippen LogP contribution < -0.4 is 0 Å². The zero-order valence-corrected chi connectivity index (χ0v) is 9.47. The Hall–Kier alpha value is -1.71. The van der Waals surface area contributed by atoms with Crippen LogP contribution in [0, 0.1) is 10.1 Å². The Bertz CT molecular complexity index is 384. The van der Waals surface area contributed by atoms with Gasteiger partial charge in [0.15, 0.2) is 0 Å². The number of carbonyl (C=O) groups excluding carboxylic acids is 1. The lowest BCUT2D eigenvalue weighted by molar-refractivity contribution is -0.384. The number of non-ortho nitro benzene ring substituents is 1. The lowest BCUT2D eigenvalue weighted by atomic mass is 9.95. The number of ketones is 1. The second-order valence-corrected chi connectivity index (χ2v) is 3.99. The maximum absolute atomic E-state index is 10.8. The third kappa shape index (κ3) is 3.46. The number of hydrogen-bond donors (Lipinski definition) is 0. The van der Waals surface area contributed by atoms with E-state index in [4.69, 9.17) is 0 Å². The lowest BCUT2D eigenvalue weighted by Gasteiger charge is -2.10. The maximum Gasteiger partial charge on any atom is 0.269 e. The number of nitro groups is 1. The molecule has 0 fully saturated rings. The highest BCUT2D eigenvalue weighted by Gasteiger charge is 2.09. The van der Waals surface area contributed by atoms with Gasteiger partial charge >= 0.3 is 0 Å². The number of nitrogens with zero attached hydrogens (tertiary/aromatic N) is 1. The summed E-state index contributed by atoms with van der Waals surface area (Å²) in [6, 6.07) is 6.51. The average molecular weight is 221 g/mol. The largest absolute Gasteiger partial charge is 0.300 e. The van der Waals surface area contributed by atoms with Gasteiger partial charge in [0.05, 0.1) is 4.92 Å². The fourth-order valence-corrected chi connectivity index (χ4v) is 1.51. The van der Waals surface area contributed by atoms with Crippen LogP contribution in [0.15, 0.2) is 24.3 Å².